The third-order valence-electron chi connectivity index (χ3n) is 5.50. The number of urea groups is 1. The van der Waals surface area contributed by atoms with Crippen LogP contribution in [0, 0.1) is 5.92 Å². The topological polar surface area (TPSA) is 73.9 Å². The van der Waals surface area contributed by atoms with E-state index < -0.39 is 12.1 Å². The van der Waals surface area contributed by atoms with E-state index in [-0.39, 0.29) is 11.8 Å². The van der Waals surface area contributed by atoms with Crippen LogP contribution in [0.15, 0.2) is 42.5 Å². The number of para-hydroxylation sites is 2. The first-order valence-corrected chi connectivity index (χ1v) is 11.8. The van der Waals surface area contributed by atoms with E-state index in [1.807, 2.05) is 45.0 Å². The van der Waals surface area contributed by atoms with Gasteiger partial charge >= 0.3 is 6.03 Å². The summed E-state index contributed by atoms with van der Waals surface area (Å²) in [5.74, 6) is 0.666. The first-order chi connectivity index (χ1) is 15.8. The lowest BCUT2D eigenvalue weighted by molar-refractivity contribution is -0.134. The number of benzene rings is 2. The molecule has 0 aromatic heterocycles. The number of nitrogens with one attached hydrogen (secondary N) is 2. The molecule has 2 N–H and O–H groups in total. The monoisotopic (exact) mass is 492 g/mol. The molecule has 1 fully saturated rings. The van der Waals surface area contributed by atoms with Crippen LogP contribution in [0.4, 0.5) is 16.2 Å². The second-order valence-corrected chi connectivity index (χ2v) is 9.00. The molecule has 1 heterocycles. The molecule has 1 atom stereocenters. The summed E-state index contributed by atoms with van der Waals surface area (Å²) < 4.78 is 5.75. The van der Waals surface area contributed by atoms with Crippen molar-refractivity contribution in [3.05, 3.63) is 52.5 Å². The summed E-state index contributed by atoms with van der Waals surface area (Å²) in [6.07, 6.45) is 0. The van der Waals surface area contributed by atoms with Gasteiger partial charge in [0, 0.05) is 31.2 Å². The van der Waals surface area contributed by atoms with Gasteiger partial charge in [0.05, 0.1) is 23.0 Å². The first-order valence-electron chi connectivity index (χ1n) is 11.1. The van der Waals surface area contributed by atoms with E-state index in [0.717, 1.165) is 11.4 Å². The van der Waals surface area contributed by atoms with E-state index >= 15 is 0 Å². The van der Waals surface area contributed by atoms with E-state index in [1.54, 1.807) is 23.1 Å². The molecule has 0 aliphatic carbocycles. The Kier molecular flexibility index (Phi) is 8.69. The van der Waals surface area contributed by atoms with Crippen molar-refractivity contribution in [2.45, 2.75) is 26.8 Å². The molecule has 3 rings (SSSR count). The average Bonchev–Trinajstić information content (AvgIpc) is 2.79. The van der Waals surface area contributed by atoms with Gasteiger partial charge in [-0.1, -0.05) is 49.2 Å². The van der Waals surface area contributed by atoms with Crippen LogP contribution in [-0.2, 0) is 4.79 Å². The number of hydrogen-bond donors (Lipinski definition) is 2. The number of anilines is 2. The van der Waals surface area contributed by atoms with Crippen LogP contribution in [0.2, 0.25) is 10.0 Å². The van der Waals surface area contributed by atoms with Gasteiger partial charge in [-0.25, -0.2) is 4.79 Å². The summed E-state index contributed by atoms with van der Waals surface area (Å²) in [6.45, 7) is 8.88. The number of carbonyl (C=O) groups is 2. The van der Waals surface area contributed by atoms with Crippen LogP contribution in [0.3, 0.4) is 0 Å². The normalized spacial score (nSPS) is 14.7. The van der Waals surface area contributed by atoms with Gasteiger partial charge in [-0.3, -0.25) is 4.79 Å². The van der Waals surface area contributed by atoms with Crippen LogP contribution in [0.25, 0.3) is 0 Å². The van der Waals surface area contributed by atoms with Crippen LogP contribution in [0.1, 0.15) is 20.8 Å². The number of ether oxygens (including phenoxy) is 1. The lowest BCUT2D eigenvalue weighted by atomic mass is 10.0. The Morgan fingerprint density at radius 1 is 1.06 bits per heavy atom. The minimum atomic E-state index is -0.654. The zero-order valence-electron chi connectivity index (χ0n) is 19.1. The van der Waals surface area contributed by atoms with E-state index in [2.05, 4.69) is 15.5 Å². The van der Waals surface area contributed by atoms with E-state index in [4.69, 9.17) is 27.9 Å². The standard InChI is InChI=1S/C24H30Cl2N4O3/c1-4-33-21-8-6-5-7-20(21)29-11-13-30(14-12-29)23(31)22(16(2)3)28-24(32)27-19-10-9-17(25)15-18(19)26/h5-10,15-16,22H,4,11-14H2,1-3H3,(H2,27,28,32). The van der Waals surface area contributed by atoms with Crippen molar-refractivity contribution in [2.24, 2.45) is 5.92 Å². The van der Waals surface area contributed by atoms with Crippen molar-refractivity contribution in [2.75, 3.05) is 43.0 Å². The molecule has 3 amide bonds. The lowest BCUT2D eigenvalue weighted by Gasteiger charge is -2.38. The summed E-state index contributed by atoms with van der Waals surface area (Å²) in [5, 5.41) is 6.30. The maximum Gasteiger partial charge on any atom is 0.319 e. The third-order valence-corrected chi connectivity index (χ3v) is 6.04. The minimum absolute atomic E-state index is 0.0827. The molecule has 0 saturated carbocycles. The fourth-order valence-electron chi connectivity index (χ4n) is 3.76. The molecule has 2 aromatic carbocycles. The van der Waals surface area contributed by atoms with Crippen molar-refractivity contribution >= 4 is 46.5 Å². The molecule has 0 spiro atoms. The molecule has 178 valence electrons. The zero-order valence-corrected chi connectivity index (χ0v) is 20.6. The molecule has 0 radical (unpaired) electrons. The van der Waals surface area contributed by atoms with E-state index in [9.17, 15) is 9.59 Å². The molecule has 1 aliphatic heterocycles. The van der Waals surface area contributed by atoms with Gasteiger partial charge in [0.25, 0.3) is 0 Å². The Hall–Kier alpha value is -2.64. The smallest absolute Gasteiger partial charge is 0.319 e. The van der Waals surface area contributed by atoms with Gasteiger partial charge in [0.15, 0.2) is 0 Å². The quantitative estimate of drug-likeness (QED) is 0.576. The van der Waals surface area contributed by atoms with E-state index in [1.165, 1.54) is 0 Å². The summed E-state index contributed by atoms with van der Waals surface area (Å²) in [4.78, 5) is 29.9. The van der Waals surface area contributed by atoms with Gasteiger partial charge in [-0.2, -0.15) is 0 Å². The van der Waals surface area contributed by atoms with Gasteiger partial charge in [-0.05, 0) is 43.2 Å². The Morgan fingerprint density at radius 2 is 1.76 bits per heavy atom. The molecule has 0 bridgehead atoms. The van der Waals surface area contributed by atoms with Crippen molar-refractivity contribution in [1.82, 2.24) is 10.2 Å². The van der Waals surface area contributed by atoms with Crippen molar-refractivity contribution in [3.63, 3.8) is 0 Å². The second kappa shape index (κ2) is 11.5. The molecule has 1 unspecified atom stereocenters. The maximum atomic E-state index is 13.2. The Morgan fingerprint density at radius 3 is 2.39 bits per heavy atom. The highest BCUT2D eigenvalue weighted by Crippen LogP contribution is 2.29. The number of amides is 3. The van der Waals surface area contributed by atoms with Gasteiger partial charge in [-0.15, -0.1) is 0 Å². The number of piperazine rings is 1. The third kappa shape index (κ3) is 6.45. The highest BCUT2D eigenvalue weighted by Gasteiger charge is 2.31. The summed E-state index contributed by atoms with van der Waals surface area (Å²) in [5.41, 5.74) is 1.46. The van der Waals surface area contributed by atoms with Crippen LogP contribution >= 0.6 is 23.2 Å². The van der Waals surface area contributed by atoms with Crippen molar-refractivity contribution in [1.29, 1.82) is 0 Å². The Bertz CT molecular complexity index is 978. The Balaban J connectivity index is 1.61. The fraction of sp³-hybridized carbons (Fsp3) is 0.417. The fourth-order valence-corrected chi connectivity index (χ4v) is 4.22. The van der Waals surface area contributed by atoms with Crippen LogP contribution in [-0.4, -0.2) is 55.7 Å². The maximum absolute atomic E-state index is 13.2. The predicted molar refractivity (Wildman–Crippen MR) is 134 cm³/mol. The molecule has 9 heteroatoms. The molecule has 1 aliphatic rings. The van der Waals surface area contributed by atoms with Gasteiger partial charge in [0.1, 0.15) is 11.8 Å². The number of nitrogens with zero attached hydrogens (tertiary/aromatic N) is 2. The minimum Gasteiger partial charge on any atom is -0.492 e. The SMILES string of the molecule is CCOc1ccccc1N1CCN(C(=O)C(NC(=O)Nc2ccc(Cl)cc2Cl)C(C)C)CC1. The molecule has 1 saturated heterocycles. The summed E-state index contributed by atoms with van der Waals surface area (Å²) >= 11 is 12.0. The predicted octanol–water partition coefficient (Wildman–Crippen LogP) is 4.89. The van der Waals surface area contributed by atoms with Crippen molar-refractivity contribution in [3.8, 4) is 5.75 Å². The number of halogens is 2. The molecule has 33 heavy (non-hydrogen) atoms. The summed E-state index contributed by atoms with van der Waals surface area (Å²) in [7, 11) is 0. The lowest BCUT2D eigenvalue weighted by Crippen LogP contribution is -2.57. The average molecular weight is 493 g/mol. The Labute approximate surface area is 205 Å². The largest absolute Gasteiger partial charge is 0.492 e. The molecule has 2 aromatic rings. The molecular formula is C24H30Cl2N4O3. The molecule has 7 nitrogen and oxygen atoms in total. The number of carbonyl (C=O) groups excluding carboxylic acids is 2. The molecular weight excluding hydrogens is 463 g/mol. The summed E-state index contributed by atoms with van der Waals surface area (Å²) in [6, 6.07) is 11.6. The first kappa shape index (κ1) is 25.0. The second-order valence-electron chi connectivity index (χ2n) is 8.16. The zero-order chi connectivity index (χ0) is 24.0. The highest BCUT2D eigenvalue weighted by atomic mass is 35.5. The van der Waals surface area contributed by atoms with Crippen LogP contribution in [0.5, 0.6) is 5.75 Å². The van der Waals surface area contributed by atoms with Crippen LogP contribution < -0.4 is 20.3 Å². The van der Waals surface area contributed by atoms with Crippen molar-refractivity contribution < 1.29 is 14.3 Å². The number of rotatable bonds is 7. The highest BCUT2D eigenvalue weighted by molar-refractivity contribution is 6.36. The van der Waals surface area contributed by atoms with Gasteiger partial charge < -0.3 is 25.2 Å². The number of hydrogen-bond acceptors (Lipinski definition) is 4. The van der Waals surface area contributed by atoms with E-state index in [0.29, 0.717) is 48.5 Å². The van der Waals surface area contributed by atoms with Gasteiger partial charge in [0.2, 0.25) is 5.91 Å².